The zero-order valence-corrected chi connectivity index (χ0v) is 9.62. The molecule has 4 nitrogen and oxygen atoms in total. The molecule has 0 spiro atoms. The average molecular weight is 210 g/mol. The number of ether oxygens (including phenoxy) is 1. The molecule has 0 aliphatic rings. The van der Waals surface area contributed by atoms with Crippen molar-refractivity contribution in [3.05, 3.63) is 17.0 Å². The van der Waals surface area contributed by atoms with E-state index in [1.54, 1.807) is 0 Å². The molecule has 15 heavy (non-hydrogen) atoms. The Hall–Kier alpha value is -1.16. The van der Waals surface area contributed by atoms with Gasteiger partial charge in [-0.3, -0.25) is 9.48 Å². The van der Waals surface area contributed by atoms with Crippen LogP contribution >= 0.6 is 0 Å². The summed E-state index contributed by atoms with van der Waals surface area (Å²) in [6, 6.07) is 0. The van der Waals surface area contributed by atoms with Gasteiger partial charge in [0.15, 0.2) is 6.29 Å². The second-order valence-electron chi connectivity index (χ2n) is 3.54. The Morgan fingerprint density at radius 2 is 2.13 bits per heavy atom. The Balaban J connectivity index is 2.58. The molecule has 0 fully saturated rings. The molecule has 1 heterocycles. The van der Waals surface area contributed by atoms with Crippen LogP contribution < -0.4 is 0 Å². The normalized spacial score (nSPS) is 10.6. The van der Waals surface area contributed by atoms with E-state index in [0.717, 1.165) is 30.7 Å². The standard InChI is InChI=1S/C11H18N2O2/c1-4-6-15-7-5-13-10(3)11(8-14)9(2)12-13/h8H,4-7H2,1-3H3. The summed E-state index contributed by atoms with van der Waals surface area (Å²) in [5, 5.41) is 4.28. The van der Waals surface area contributed by atoms with E-state index in [4.69, 9.17) is 4.74 Å². The Labute approximate surface area is 90.2 Å². The van der Waals surface area contributed by atoms with Crippen LogP contribution in [-0.2, 0) is 11.3 Å². The average Bonchev–Trinajstić information content (AvgIpc) is 2.49. The molecule has 0 unspecified atom stereocenters. The molecule has 0 aliphatic heterocycles. The highest BCUT2D eigenvalue weighted by atomic mass is 16.5. The molecule has 0 aliphatic carbocycles. The van der Waals surface area contributed by atoms with Gasteiger partial charge in [0.2, 0.25) is 0 Å². The molecule has 0 saturated carbocycles. The van der Waals surface area contributed by atoms with Crippen LogP contribution in [-0.4, -0.2) is 29.3 Å². The largest absolute Gasteiger partial charge is 0.380 e. The van der Waals surface area contributed by atoms with Crippen molar-refractivity contribution in [3.63, 3.8) is 0 Å². The van der Waals surface area contributed by atoms with Gasteiger partial charge in [-0.15, -0.1) is 0 Å². The van der Waals surface area contributed by atoms with E-state index >= 15 is 0 Å². The lowest BCUT2D eigenvalue weighted by atomic mass is 10.2. The van der Waals surface area contributed by atoms with Gasteiger partial charge < -0.3 is 4.74 Å². The molecule has 0 bridgehead atoms. The van der Waals surface area contributed by atoms with Crippen LogP contribution in [0.25, 0.3) is 0 Å². The maximum absolute atomic E-state index is 10.8. The third-order valence-electron chi connectivity index (χ3n) is 2.35. The summed E-state index contributed by atoms with van der Waals surface area (Å²) < 4.78 is 7.20. The second kappa shape index (κ2) is 5.66. The molecule has 1 aromatic heterocycles. The van der Waals surface area contributed by atoms with Crippen molar-refractivity contribution in [1.29, 1.82) is 0 Å². The fourth-order valence-corrected chi connectivity index (χ4v) is 1.50. The third-order valence-corrected chi connectivity index (χ3v) is 2.35. The van der Waals surface area contributed by atoms with Crippen LogP contribution in [0.5, 0.6) is 0 Å². The van der Waals surface area contributed by atoms with Gasteiger partial charge in [-0.2, -0.15) is 5.10 Å². The monoisotopic (exact) mass is 210 g/mol. The summed E-state index contributed by atoms with van der Waals surface area (Å²) in [6.07, 6.45) is 1.89. The fourth-order valence-electron chi connectivity index (χ4n) is 1.50. The van der Waals surface area contributed by atoms with E-state index in [-0.39, 0.29) is 0 Å². The van der Waals surface area contributed by atoms with Crippen LogP contribution in [0.1, 0.15) is 35.1 Å². The lowest BCUT2D eigenvalue weighted by molar-refractivity contribution is 0.112. The number of hydrogen-bond donors (Lipinski definition) is 0. The molecule has 1 rings (SSSR count). The molecule has 0 amide bonds. The first-order valence-corrected chi connectivity index (χ1v) is 5.27. The summed E-state index contributed by atoms with van der Waals surface area (Å²) in [5.74, 6) is 0. The van der Waals surface area contributed by atoms with E-state index in [9.17, 15) is 4.79 Å². The Morgan fingerprint density at radius 1 is 1.40 bits per heavy atom. The number of carbonyl (C=O) groups excluding carboxylic acids is 1. The predicted molar refractivity (Wildman–Crippen MR) is 58.2 cm³/mol. The van der Waals surface area contributed by atoms with Crippen molar-refractivity contribution in [2.45, 2.75) is 33.7 Å². The van der Waals surface area contributed by atoms with Gasteiger partial charge in [0.25, 0.3) is 0 Å². The molecule has 0 atom stereocenters. The minimum atomic E-state index is 0.647. The highest BCUT2D eigenvalue weighted by Crippen LogP contribution is 2.09. The van der Waals surface area contributed by atoms with Crippen molar-refractivity contribution in [1.82, 2.24) is 9.78 Å². The minimum Gasteiger partial charge on any atom is -0.380 e. The highest BCUT2D eigenvalue weighted by molar-refractivity contribution is 5.77. The quantitative estimate of drug-likeness (QED) is 0.530. The van der Waals surface area contributed by atoms with Crippen molar-refractivity contribution in [2.75, 3.05) is 13.2 Å². The van der Waals surface area contributed by atoms with Gasteiger partial charge in [0, 0.05) is 12.3 Å². The molecule has 0 radical (unpaired) electrons. The van der Waals surface area contributed by atoms with Crippen molar-refractivity contribution in [2.24, 2.45) is 0 Å². The van der Waals surface area contributed by atoms with E-state index in [2.05, 4.69) is 12.0 Å². The molecular formula is C11H18N2O2. The van der Waals surface area contributed by atoms with Gasteiger partial charge >= 0.3 is 0 Å². The topological polar surface area (TPSA) is 44.1 Å². The van der Waals surface area contributed by atoms with E-state index in [0.29, 0.717) is 18.7 Å². The molecule has 1 aromatic rings. The summed E-state index contributed by atoms with van der Waals surface area (Å²) in [5.41, 5.74) is 2.41. The lowest BCUT2D eigenvalue weighted by Crippen LogP contribution is -2.09. The Bertz CT molecular complexity index is 332. The lowest BCUT2D eigenvalue weighted by Gasteiger charge is -2.04. The number of rotatable bonds is 6. The van der Waals surface area contributed by atoms with Crippen LogP contribution in [0.4, 0.5) is 0 Å². The van der Waals surface area contributed by atoms with Gasteiger partial charge in [-0.05, 0) is 20.3 Å². The van der Waals surface area contributed by atoms with E-state index in [1.165, 1.54) is 0 Å². The first-order valence-electron chi connectivity index (χ1n) is 5.27. The number of carbonyl (C=O) groups is 1. The number of hydrogen-bond acceptors (Lipinski definition) is 3. The fraction of sp³-hybridized carbons (Fsp3) is 0.636. The molecule has 0 N–H and O–H groups in total. The molecule has 84 valence electrons. The molecule has 4 heteroatoms. The van der Waals surface area contributed by atoms with Gasteiger partial charge in [0.1, 0.15) is 0 Å². The SMILES string of the molecule is CCCOCCn1nc(C)c(C=O)c1C. The van der Waals surface area contributed by atoms with E-state index < -0.39 is 0 Å². The van der Waals surface area contributed by atoms with Crippen LogP contribution in [0.3, 0.4) is 0 Å². The zero-order valence-electron chi connectivity index (χ0n) is 9.62. The predicted octanol–water partition coefficient (Wildman–Crippen LogP) is 1.74. The molecular weight excluding hydrogens is 192 g/mol. The Kier molecular flexibility index (Phi) is 4.49. The Morgan fingerprint density at radius 3 is 2.67 bits per heavy atom. The summed E-state index contributed by atoms with van der Waals surface area (Å²) >= 11 is 0. The number of nitrogens with zero attached hydrogens (tertiary/aromatic N) is 2. The molecule has 0 saturated heterocycles. The van der Waals surface area contributed by atoms with Crippen LogP contribution in [0.2, 0.25) is 0 Å². The summed E-state index contributed by atoms with van der Waals surface area (Å²) in [4.78, 5) is 10.8. The van der Waals surface area contributed by atoms with Crippen LogP contribution in [0.15, 0.2) is 0 Å². The smallest absolute Gasteiger partial charge is 0.153 e. The number of aldehydes is 1. The second-order valence-corrected chi connectivity index (χ2v) is 3.54. The first-order chi connectivity index (χ1) is 7.20. The minimum absolute atomic E-state index is 0.647. The van der Waals surface area contributed by atoms with Crippen molar-refractivity contribution < 1.29 is 9.53 Å². The number of aromatic nitrogens is 2. The maximum Gasteiger partial charge on any atom is 0.153 e. The zero-order chi connectivity index (χ0) is 11.3. The van der Waals surface area contributed by atoms with Gasteiger partial charge in [0.05, 0.1) is 24.4 Å². The third kappa shape index (κ3) is 2.89. The van der Waals surface area contributed by atoms with Crippen LogP contribution in [0, 0.1) is 13.8 Å². The van der Waals surface area contributed by atoms with Gasteiger partial charge in [-0.25, -0.2) is 0 Å². The van der Waals surface area contributed by atoms with Gasteiger partial charge in [-0.1, -0.05) is 6.92 Å². The summed E-state index contributed by atoms with van der Waals surface area (Å²) in [7, 11) is 0. The number of aryl methyl sites for hydroxylation is 1. The van der Waals surface area contributed by atoms with Crippen molar-refractivity contribution in [3.8, 4) is 0 Å². The maximum atomic E-state index is 10.8. The first kappa shape index (κ1) is 11.9. The summed E-state index contributed by atoms with van der Waals surface area (Å²) in [6.45, 7) is 7.96. The highest BCUT2D eigenvalue weighted by Gasteiger charge is 2.09. The van der Waals surface area contributed by atoms with Crippen molar-refractivity contribution >= 4 is 6.29 Å². The van der Waals surface area contributed by atoms with E-state index in [1.807, 2.05) is 18.5 Å². The molecule has 0 aromatic carbocycles.